The summed E-state index contributed by atoms with van der Waals surface area (Å²) in [4.78, 5) is 14.8. The molecule has 0 unspecified atom stereocenters. The second-order valence-electron chi connectivity index (χ2n) is 6.04. The number of nitrogens with zero attached hydrogens (tertiary/aromatic N) is 1. The molecule has 136 valence electrons. The number of ether oxygens (including phenoxy) is 1. The van der Waals surface area contributed by atoms with Gasteiger partial charge in [-0.2, -0.15) is 0 Å². The topological polar surface area (TPSA) is 41.6 Å². The molecule has 0 radical (unpaired) electrons. The summed E-state index contributed by atoms with van der Waals surface area (Å²) in [5.41, 5.74) is 2.73. The molecule has 6 heteroatoms. The summed E-state index contributed by atoms with van der Waals surface area (Å²) < 4.78 is 7.15. The fourth-order valence-corrected chi connectivity index (χ4v) is 4.49. The SMILES string of the molecule is COc1c(Br)cc(Br)cc1C=CC(=O)Nc1ccccc1N1CCCC1. The number of anilines is 2. The van der Waals surface area contributed by atoms with Gasteiger partial charge in [-0.3, -0.25) is 4.79 Å². The van der Waals surface area contributed by atoms with E-state index in [9.17, 15) is 4.79 Å². The second-order valence-corrected chi connectivity index (χ2v) is 7.81. The number of hydrogen-bond donors (Lipinski definition) is 1. The van der Waals surface area contributed by atoms with E-state index in [2.05, 4.69) is 48.1 Å². The summed E-state index contributed by atoms with van der Waals surface area (Å²) in [6.07, 6.45) is 5.67. The fraction of sp³-hybridized carbons (Fsp3) is 0.250. The first-order valence-corrected chi connectivity index (χ1v) is 10.0. The molecule has 0 atom stereocenters. The molecule has 1 N–H and O–H groups in total. The minimum atomic E-state index is -0.171. The summed E-state index contributed by atoms with van der Waals surface area (Å²) in [6.45, 7) is 2.07. The smallest absolute Gasteiger partial charge is 0.248 e. The van der Waals surface area contributed by atoms with Crippen LogP contribution in [0.3, 0.4) is 0 Å². The highest BCUT2D eigenvalue weighted by atomic mass is 79.9. The largest absolute Gasteiger partial charge is 0.495 e. The summed E-state index contributed by atoms with van der Waals surface area (Å²) in [7, 11) is 1.61. The second kappa shape index (κ2) is 8.73. The lowest BCUT2D eigenvalue weighted by Gasteiger charge is -2.21. The van der Waals surface area contributed by atoms with Crippen LogP contribution < -0.4 is 15.0 Å². The van der Waals surface area contributed by atoms with Gasteiger partial charge in [-0.05, 0) is 59.1 Å². The van der Waals surface area contributed by atoms with E-state index in [-0.39, 0.29) is 5.91 Å². The molecule has 0 bridgehead atoms. The van der Waals surface area contributed by atoms with E-state index in [4.69, 9.17) is 4.74 Å². The Bertz CT molecular complexity index is 831. The molecule has 2 aromatic carbocycles. The lowest BCUT2D eigenvalue weighted by molar-refractivity contribution is -0.111. The highest BCUT2D eigenvalue weighted by molar-refractivity contribution is 9.11. The first-order chi connectivity index (χ1) is 12.6. The molecular weight excluding hydrogens is 460 g/mol. The van der Waals surface area contributed by atoms with Crippen LogP contribution in [0.15, 0.2) is 51.4 Å². The van der Waals surface area contributed by atoms with Crippen LogP contribution in [0.4, 0.5) is 11.4 Å². The molecule has 0 saturated carbocycles. The Morgan fingerprint density at radius 1 is 1.19 bits per heavy atom. The summed E-state index contributed by atoms with van der Waals surface area (Å²) in [5, 5.41) is 2.99. The Labute approximate surface area is 170 Å². The molecule has 0 aromatic heterocycles. The molecule has 3 rings (SSSR count). The Kier molecular flexibility index (Phi) is 6.38. The standard InChI is InChI=1S/C20H20Br2N2O2/c1-26-20-14(12-15(21)13-16(20)22)8-9-19(25)23-17-6-2-3-7-18(17)24-10-4-5-11-24/h2-3,6-9,12-13H,4-5,10-11H2,1H3,(H,23,25). The predicted molar refractivity (Wildman–Crippen MR) is 114 cm³/mol. The van der Waals surface area contributed by atoms with Crippen LogP contribution in [-0.2, 0) is 4.79 Å². The van der Waals surface area contributed by atoms with Gasteiger partial charge in [0.05, 0.1) is 23.0 Å². The molecule has 1 aliphatic heterocycles. The number of para-hydroxylation sites is 2. The number of hydrogen-bond acceptors (Lipinski definition) is 3. The summed E-state index contributed by atoms with van der Waals surface area (Å²) in [5.74, 6) is 0.518. The van der Waals surface area contributed by atoms with Crippen molar-refractivity contribution < 1.29 is 9.53 Å². The first kappa shape index (κ1) is 19.0. The van der Waals surface area contributed by atoms with Gasteiger partial charge in [0.15, 0.2) is 0 Å². The molecule has 1 saturated heterocycles. The highest BCUT2D eigenvalue weighted by Gasteiger charge is 2.16. The zero-order valence-electron chi connectivity index (χ0n) is 14.5. The Morgan fingerprint density at radius 3 is 2.65 bits per heavy atom. The molecule has 1 heterocycles. The summed E-state index contributed by atoms with van der Waals surface area (Å²) >= 11 is 6.93. The van der Waals surface area contributed by atoms with Crippen molar-refractivity contribution in [3.63, 3.8) is 0 Å². The Hall–Kier alpha value is -1.79. The lowest BCUT2D eigenvalue weighted by atomic mass is 10.2. The van der Waals surface area contributed by atoms with Crippen LogP contribution in [0.25, 0.3) is 6.08 Å². The van der Waals surface area contributed by atoms with Gasteiger partial charge in [0, 0.05) is 29.2 Å². The number of methoxy groups -OCH3 is 1. The maximum absolute atomic E-state index is 12.4. The maximum atomic E-state index is 12.4. The van der Waals surface area contributed by atoms with E-state index in [0.29, 0.717) is 5.75 Å². The molecule has 0 aliphatic carbocycles. The third kappa shape index (κ3) is 4.48. The van der Waals surface area contributed by atoms with Crippen molar-refractivity contribution in [1.29, 1.82) is 0 Å². The van der Waals surface area contributed by atoms with Crippen molar-refractivity contribution in [3.8, 4) is 5.75 Å². The number of rotatable bonds is 5. The van der Waals surface area contributed by atoms with E-state index in [0.717, 1.165) is 39.0 Å². The van der Waals surface area contributed by atoms with Crippen molar-refractivity contribution in [3.05, 3.63) is 57.0 Å². The Morgan fingerprint density at radius 2 is 1.92 bits per heavy atom. The van der Waals surface area contributed by atoms with Crippen LogP contribution in [0.1, 0.15) is 18.4 Å². The quantitative estimate of drug-likeness (QED) is 0.578. The monoisotopic (exact) mass is 478 g/mol. The van der Waals surface area contributed by atoms with Gasteiger partial charge in [-0.1, -0.05) is 28.1 Å². The van der Waals surface area contributed by atoms with Crippen LogP contribution >= 0.6 is 31.9 Å². The normalized spacial score (nSPS) is 14.0. The molecule has 1 amide bonds. The van der Waals surface area contributed by atoms with Crippen LogP contribution in [-0.4, -0.2) is 26.1 Å². The van der Waals surface area contributed by atoms with Crippen molar-refractivity contribution >= 4 is 55.2 Å². The predicted octanol–water partition coefficient (Wildman–Crippen LogP) is 5.47. The minimum absolute atomic E-state index is 0.171. The van der Waals surface area contributed by atoms with Gasteiger partial charge in [-0.15, -0.1) is 0 Å². The number of nitrogens with one attached hydrogen (secondary N) is 1. The van der Waals surface area contributed by atoms with Gasteiger partial charge in [0.1, 0.15) is 5.75 Å². The first-order valence-electron chi connectivity index (χ1n) is 8.44. The maximum Gasteiger partial charge on any atom is 0.248 e. The van der Waals surface area contributed by atoms with Crippen molar-refractivity contribution in [1.82, 2.24) is 0 Å². The molecule has 2 aromatic rings. The molecule has 4 nitrogen and oxygen atoms in total. The zero-order chi connectivity index (χ0) is 18.5. The average molecular weight is 480 g/mol. The van der Waals surface area contributed by atoms with Crippen molar-refractivity contribution in [2.75, 3.05) is 30.4 Å². The third-order valence-corrected chi connectivity index (χ3v) is 5.31. The molecule has 26 heavy (non-hydrogen) atoms. The number of benzene rings is 2. The minimum Gasteiger partial charge on any atom is -0.495 e. The third-order valence-electron chi connectivity index (χ3n) is 4.26. The van der Waals surface area contributed by atoms with Crippen LogP contribution in [0, 0.1) is 0 Å². The summed E-state index contributed by atoms with van der Waals surface area (Å²) in [6, 6.07) is 11.7. The van der Waals surface area contributed by atoms with Gasteiger partial charge in [-0.25, -0.2) is 0 Å². The zero-order valence-corrected chi connectivity index (χ0v) is 17.6. The van der Waals surface area contributed by atoms with E-state index >= 15 is 0 Å². The van der Waals surface area contributed by atoms with Crippen molar-refractivity contribution in [2.24, 2.45) is 0 Å². The van der Waals surface area contributed by atoms with E-state index in [1.165, 1.54) is 18.9 Å². The van der Waals surface area contributed by atoms with E-state index in [1.807, 2.05) is 30.3 Å². The number of carbonyl (C=O) groups excluding carboxylic acids is 1. The van der Waals surface area contributed by atoms with Gasteiger partial charge < -0.3 is 15.0 Å². The number of amides is 1. The molecule has 1 fully saturated rings. The average Bonchev–Trinajstić information content (AvgIpc) is 3.14. The fourth-order valence-electron chi connectivity index (χ4n) is 3.07. The van der Waals surface area contributed by atoms with Crippen LogP contribution in [0.5, 0.6) is 5.75 Å². The van der Waals surface area contributed by atoms with Gasteiger partial charge in [0.25, 0.3) is 0 Å². The number of carbonyl (C=O) groups is 1. The highest BCUT2D eigenvalue weighted by Crippen LogP contribution is 2.33. The van der Waals surface area contributed by atoms with Gasteiger partial charge in [0.2, 0.25) is 5.91 Å². The lowest BCUT2D eigenvalue weighted by Crippen LogP contribution is -2.20. The van der Waals surface area contributed by atoms with Crippen molar-refractivity contribution in [2.45, 2.75) is 12.8 Å². The molecule has 1 aliphatic rings. The van der Waals surface area contributed by atoms with Gasteiger partial charge >= 0.3 is 0 Å². The van der Waals surface area contributed by atoms with E-state index < -0.39 is 0 Å². The molecular formula is C20H20Br2N2O2. The van der Waals surface area contributed by atoms with Crippen LogP contribution in [0.2, 0.25) is 0 Å². The Balaban J connectivity index is 1.77. The molecule has 0 spiro atoms. The number of halogens is 2. The van der Waals surface area contributed by atoms with E-state index in [1.54, 1.807) is 13.2 Å².